The topological polar surface area (TPSA) is 98.8 Å². The zero-order valence-electron chi connectivity index (χ0n) is 11.8. The Morgan fingerprint density at radius 2 is 2.08 bits per heavy atom. The molecule has 0 unspecified atom stereocenters. The van der Waals surface area contributed by atoms with Crippen molar-refractivity contribution >= 4 is 22.5 Å². The summed E-state index contributed by atoms with van der Waals surface area (Å²) in [7, 11) is 0. The zero-order chi connectivity index (χ0) is 17.3. The largest absolute Gasteiger partial charge is 0.573 e. The van der Waals surface area contributed by atoms with Gasteiger partial charge in [-0.1, -0.05) is 0 Å². The first-order valence-electron chi connectivity index (χ1n) is 6.57. The highest BCUT2D eigenvalue weighted by molar-refractivity contribution is 6.00. The number of pyridine rings is 1. The van der Waals surface area contributed by atoms with Crippen molar-refractivity contribution in [2.24, 2.45) is 0 Å². The summed E-state index contributed by atoms with van der Waals surface area (Å²) in [4.78, 5) is 12.0. The number of alkyl halides is 3. The van der Waals surface area contributed by atoms with Gasteiger partial charge in [0.05, 0.1) is 12.1 Å². The van der Waals surface area contributed by atoms with Gasteiger partial charge in [0.25, 0.3) is 0 Å². The number of benzene rings is 1. The Morgan fingerprint density at radius 3 is 2.79 bits per heavy atom. The number of aliphatic hydroxyl groups excluding tert-OH is 1. The number of halogens is 3. The predicted octanol–water partition coefficient (Wildman–Crippen LogP) is 1.33. The van der Waals surface area contributed by atoms with Gasteiger partial charge >= 0.3 is 12.3 Å². The quantitative estimate of drug-likeness (QED) is 0.714. The number of aliphatic hydroxyl groups is 1. The van der Waals surface area contributed by atoms with Gasteiger partial charge in [0, 0.05) is 11.5 Å². The van der Waals surface area contributed by atoms with Crippen LogP contribution in [0, 0.1) is 0 Å². The third-order valence-corrected chi connectivity index (χ3v) is 3.02. The molecule has 2 heterocycles. The van der Waals surface area contributed by atoms with Crippen LogP contribution in [0.4, 0.5) is 13.2 Å². The summed E-state index contributed by atoms with van der Waals surface area (Å²) in [5, 5.41) is 19.9. The van der Waals surface area contributed by atoms with Crippen LogP contribution >= 0.6 is 0 Å². The summed E-state index contributed by atoms with van der Waals surface area (Å²) < 4.78 is 46.8. The maximum atomic E-state index is 12.3. The Morgan fingerprint density at radius 1 is 1.29 bits per heavy atom. The highest BCUT2D eigenvalue weighted by Gasteiger charge is 2.31. The summed E-state index contributed by atoms with van der Waals surface area (Å²) >= 11 is 0. The van der Waals surface area contributed by atoms with Crippen LogP contribution in [0.3, 0.4) is 0 Å². The Bertz CT molecular complexity index is 909. The minimum absolute atomic E-state index is 0.00889. The molecule has 0 amide bonds. The molecule has 3 rings (SSSR count). The second-order valence-corrected chi connectivity index (χ2v) is 4.60. The number of fused-ring (bicyclic) bond motifs is 3. The van der Waals surface area contributed by atoms with Crippen molar-refractivity contribution in [3.63, 3.8) is 0 Å². The van der Waals surface area contributed by atoms with Gasteiger partial charge in [0.2, 0.25) is 0 Å². The first kappa shape index (κ1) is 15.9. The average molecular weight is 342 g/mol. The molecular weight excluding hydrogens is 333 g/mol. The fraction of sp³-hybridized carbons (Fsp3) is 0.231. The van der Waals surface area contributed by atoms with Crippen LogP contribution in [0.25, 0.3) is 16.6 Å². The predicted molar refractivity (Wildman–Crippen MR) is 72.3 cm³/mol. The molecule has 0 spiro atoms. The van der Waals surface area contributed by atoms with E-state index in [-0.39, 0.29) is 29.9 Å². The molecule has 1 aromatic carbocycles. The number of aromatic nitrogens is 4. The minimum atomic E-state index is -4.83. The zero-order valence-corrected chi connectivity index (χ0v) is 11.8. The Kier molecular flexibility index (Phi) is 3.93. The van der Waals surface area contributed by atoms with E-state index in [1.165, 1.54) is 12.1 Å². The lowest BCUT2D eigenvalue weighted by atomic mass is 10.1. The van der Waals surface area contributed by atoms with Crippen molar-refractivity contribution in [2.75, 3.05) is 13.2 Å². The first-order chi connectivity index (χ1) is 11.4. The normalized spacial score (nSPS) is 11.8. The summed E-state index contributed by atoms with van der Waals surface area (Å²) in [5.41, 5.74) is 0.246. The van der Waals surface area contributed by atoms with E-state index < -0.39 is 18.1 Å². The summed E-state index contributed by atoms with van der Waals surface area (Å²) in [5.74, 6) is -1.20. The minimum Gasteiger partial charge on any atom is -0.460 e. The van der Waals surface area contributed by atoms with E-state index in [4.69, 9.17) is 9.84 Å². The molecule has 11 heteroatoms. The lowest BCUT2D eigenvalue weighted by Gasteiger charge is -2.10. The molecule has 0 aliphatic heterocycles. The number of ether oxygens (including phenoxy) is 2. The van der Waals surface area contributed by atoms with Gasteiger partial charge in [0.15, 0.2) is 5.65 Å². The van der Waals surface area contributed by atoms with E-state index in [9.17, 15) is 18.0 Å². The molecule has 0 saturated heterocycles. The Labute approximate surface area is 131 Å². The molecule has 8 nitrogen and oxygen atoms in total. The number of esters is 1. The molecule has 24 heavy (non-hydrogen) atoms. The van der Waals surface area contributed by atoms with E-state index in [1.54, 1.807) is 0 Å². The molecule has 0 aliphatic rings. The van der Waals surface area contributed by atoms with Gasteiger partial charge in [0.1, 0.15) is 17.9 Å². The smallest absolute Gasteiger partial charge is 0.460 e. The van der Waals surface area contributed by atoms with Crippen LogP contribution in [-0.2, 0) is 4.74 Å². The summed E-state index contributed by atoms with van der Waals surface area (Å²) in [6.45, 7) is -0.554. The van der Waals surface area contributed by atoms with Crippen LogP contribution < -0.4 is 4.74 Å². The second kappa shape index (κ2) is 5.92. The maximum absolute atomic E-state index is 12.3. The van der Waals surface area contributed by atoms with E-state index in [1.807, 2.05) is 0 Å². The van der Waals surface area contributed by atoms with Gasteiger partial charge < -0.3 is 14.6 Å². The van der Waals surface area contributed by atoms with Crippen molar-refractivity contribution in [1.29, 1.82) is 0 Å². The molecule has 0 aliphatic carbocycles. The molecular formula is C13H9F3N4O4. The standard InChI is InChI=1S/C13H9F3N4O4/c14-13(15,16)24-8-2-1-7-5-9(12(22)23-4-3-21)11-17-18-19-20(11)10(7)6-8/h1-2,5-6,21H,3-4H2. The van der Waals surface area contributed by atoms with Crippen molar-refractivity contribution in [3.05, 3.63) is 29.8 Å². The molecule has 0 bridgehead atoms. The van der Waals surface area contributed by atoms with Gasteiger partial charge in [-0.3, -0.25) is 0 Å². The van der Waals surface area contributed by atoms with E-state index in [0.29, 0.717) is 5.39 Å². The molecule has 2 aromatic heterocycles. The van der Waals surface area contributed by atoms with E-state index in [2.05, 4.69) is 20.3 Å². The molecule has 0 radical (unpaired) electrons. The fourth-order valence-electron chi connectivity index (χ4n) is 2.13. The Hall–Kier alpha value is -2.95. The van der Waals surface area contributed by atoms with Crippen molar-refractivity contribution < 1.29 is 32.5 Å². The van der Waals surface area contributed by atoms with Crippen molar-refractivity contribution in [1.82, 2.24) is 20.0 Å². The van der Waals surface area contributed by atoms with E-state index in [0.717, 1.165) is 16.6 Å². The lowest BCUT2D eigenvalue weighted by molar-refractivity contribution is -0.274. The van der Waals surface area contributed by atoms with Gasteiger partial charge in [-0.05, 0) is 28.6 Å². The SMILES string of the molecule is O=C(OCCO)c1cc2ccc(OC(F)(F)F)cc2n2nnnc12. The number of hydrogen-bond acceptors (Lipinski definition) is 7. The summed E-state index contributed by atoms with van der Waals surface area (Å²) in [6.07, 6.45) is -4.83. The van der Waals surface area contributed by atoms with Crippen LogP contribution in [0.1, 0.15) is 10.4 Å². The number of nitrogens with zero attached hydrogens (tertiary/aromatic N) is 4. The van der Waals surface area contributed by atoms with Gasteiger partial charge in [-0.25, -0.2) is 4.79 Å². The number of hydrogen-bond donors (Lipinski definition) is 1. The van der Waals surface area contributed by atoms with Crippen molar-refractivity contribution in [2.45, 2.75) is 6.36 Å². The van der Waals surface area contributed by atoms with Crippen molar-refractivity contribution in [3.8, 4) is 5.75 Å². The average Bonchev–Trinajstić information content (AvgIpc) is 3.00. The highest BCUT2D eigenvalue weighted by Crippen LogP contribution is 2.28. The number of tetrazole rings is 1. The van der Waals surface area contributed by atoms with E-state index >= 15 is 0 Å². The molecule has 0 saturated carbocycles. The molecule has 1 N–H and O–H groups in total. The van der Waals surface area contributed by atoms with Crippen LogP contribution in [0.15, 0.2) is 24.3 Å². The summed E-state index contributed by atoms with van der Waals surface area (Å²) in [6, 6.07) is 4.93. The van der Waals surface area contributed by atoms with Crippen LogP contribution in [-0.4, -0.2) is 50.7 Å². The lowest BCUT2D eigenvalue weighted by Crippen LogP contribution is -2.17. The molecule has 0 atom stereocenters. The number of carbonyl (C=O) groups is 1. The first-order valence-corrected chi connectivity index (χ1v) is 6.57. The third kappa shape index (κ3) is 3.06. The maximum Gasteiger partial charge on any atom is 0.573 e. The van der Waals surface area contributed by atoms with Gasteiger partial charge in [-0.2, -0.15) is 4.52 Å². The Balaban J connectivity index is 2.12. The highest BCUT2D eigenvalue weighted by atomic mass is 19.4. The second-order valence-electron chi connectivity index (χ2n) is 4.60. The monoisotopic (exact) mass is 342 g/mol. The van der Waals surface area contributed by atoms with Crippen LogP contribution in [0.5, 0.6) is 5.75 Å². The molecule has 126 valence electrons. The van der Waals surface area contributed by atoms with Crippen LogP contribution in [0.2, 0.25) is 0 Å². The number of carbonyl (C=O) groups excluding carboxylic acids is 1. The third-order valence-electron chi connectivity index (χ3n) is 3.02. The van der Waals surface area contributed by atoms with Gasteiger partial charge in [-0.15, -0.1) is 18.3 Å². The fourth-order valence-corrected chi connectivity index (χ4v) is 2.13. The molecule has 0 fully saturated rings. The molecule has 3 aromatic rings. The number of rotatable bonds is 4.